The van der Waals surface area contributed by atoms with Crippen molar-refractivity contribution < 1.29 is 27.8 Å². The first kappa shape index (κ1) is 23.7. The second-order valence-electron chi connectivity index (χ2n) is 5.89. The molecule has 0 saturated carbocycles. The van der Waals surface area contributed by atoms with E-state index in [2.05, 4.69) is 27.2 Å². The summed E-state index contributed by atoms with van der Waals surface area (Å²) in [6.07, 6.45) is 2.68. The Kier molecular flexibility index (Phi) is 8.85. The zero-order valence-corrected chi connectivity index (χ0v) is 17.4. The minimum absolute atomic E-state index is 0.0113. The molecular weight excluding hydrogens is 430 g/mol. The van der Waals surface area contributed by atoms with Gasteiger partial charge in [-0.05, 0) is 48.9 Å². The SMILES string of the molecule is CC#CCOc1cc(C=CC(=O)Nc2ccc(Cl)cc2C(=O)NC)ccc1OC(F)F. The van der Waals surface area contributed by atoms with Crippen molar-refractivity contribution in [3.8, 4) is 23.3 Å². The lowest BCUT2D eigenvalue weighted by Gasteiger charge is -2.11. The molecule has 6 nitrogen and oxygen atoms in total. The van der Waals surface area contributed by atoms with Crippen molar-refractivity contribution in [2.45, 2.75) is 13.5 Å². The van der Waals surface area contributed by atoms with Crippen LogP contribution in [0.25, 0.3) is 6.08 Å². The Labute approximate surface area is 183 Å². The molecule has 0 fully saturated rings. The maximum atomic E-state index is 12.6. The number of carbonyl (C=O) groups excluding carboxylic acids is 2. The molecule has 0 atom stereocenters. The van der Waals surface area contributed by atoms with Gasteiger partial charge in [0.2, 0.25) is 5.91 Å². The van der Waals surface area contributed by atoms with Gasteiger partial charge in [-0.3, -0.25) is 9.59 Å². The molecule has 9 heteroatoms. The van der Waals surface area contributed by atoms with Crippen molar-refractivity contribution >= 4 is 35.2 Å². The minimum atomic E-state index is -3.01. The fraction of sp³-hybridized carbons (Fsp3) is 0.182. The molecule has 0 aliphatic carbocycles. The lowest BCUT2D eigenvalue weighted by Crippen LogP contribution is -2.20. The number of alkyl halides is 2. The Balaban J connectivity index is 2.19. The number of amides is 2. The quantitative estimate of drug-likeness (QED) is 0.465. The third-order valence-corrected chi connectivity index (χ3v) is 4.03. The van der Waals surface area contributed by atoms with Gasteiger partial charge in [-0.1, -0.05) is 23.6 Å². The van der Waals surface area contributed by atoms with E-state index in [1.165, 1.54) is 55.6 Å². The van der Waals surface area contributed by atoms with Crippen LogP contribution < -0.4 is 20.1 Å². The van der Waals surface area contributed by atoms with Crippen molar-refractivity contribution in [1.29, 1.82) is 0 Å². The van der Waals surface area contributed by atoms with Gasteiger partial charge in [0.25, 0.3) is 5.91 Å². The van der Waals surface area contributed by atoms with E-state index in [0.717, 1.165) is 0 Å². The van der Waals surface area contributed by atoms with Crippen molar-refractivity contribution in [2.24, 2.45) is 0 Å². The number of anilines is 1. The Morgan fingerprint density at radius 2 is 1.97 bits per heavy atom. The van der Waals surface area contributed by atoms with E-state index in [1.807, 2.05) is 0 Å². The van der Waals surface area contributed by atoms with Gasteiger partial charge in [-0.15, -0.1) is 5.92 Å². The number of hydrogen-bond acceptors (Lipinski definition) is 4. The second kappa shape index (κ2) is 11.6. The molecule has 0 unspecified atom stereocenters. The highest BCUT2D eigenvalue weighted by molar-refractivity contribution is 6.31. The molecule has 2 N–H and O–H groups in total. The summed E-state index contributed by atoms with van der Waals surface area (Å²) >= 11 is 5.92. The number of ether oxygens (including phenoxy) is 2. The Hall–Kier alpha value is -3.57. The molecule has 31 heavy (non-hydrogen) atoms. The van der Waals surface area contributed by atoms with Crippen LogP contribution in [0.3, 0.4) is 0 Å². The summed E-state index contributed by atoms with van der Waals surface area (Å²) in [7, 11) is 1.46. The van der Waals surface area contributed by atoms with Crippen LogP contribution in [0.5, 0.6) is 11.5 Å². The third kappa shape index (κ3) is 7.32. The Morgan fingerprint density at radius 1 is 1.19 bits per heavy atom. The van der Waals surface area contributed by atoms with E-state index in [4.69, 9.17) is 16.3 Å². The number of halogens is 3. The van der Waals surface area contributed by atoms with E-state index in [9.17, 15) is 18.4 Å². The molecule has 0 aliphatic heterocycles. The molecule has 2 aromatic rings. The minimum Gasteiger partial charge on any atom is -0.477 e. The second-order valence-corrected chi connectivity index (χ2v) is 6.33. The molecule has 0 aromatic heterocycles. The van der Waals surface area contributed by atoms with Gasteiger partial charge in [0.1, 0.15) is 6.61 Å². The number of benzene rings is 2. The standard InChI is InChI=1S/C22H19ClF2N2O4/c1-3-4-11-30-19-12-14(5-9-18(19)31-22(24)25)6-10-20(28)27-17-8-7-15(23)13-16(17)21(29)26-2/h5-10,12-13,22H,11H2,1-2H3,(H,26,29)(H,27,28). The van der Waals surface area contributed by atoms with Gasteiger partial charge < -0.3 is 20.1 Å². The predicted molar refractivity (Wildman–Crippen MR) is 115 cm³/mol. The molecule has 0 bridgehead atoms. The molecule has 0 saturated heterocycles. The summed E-state index contributed by atoms with van der Waals surface area (Å²) in [5.41, 5.74) is 0.984. The first-order valence-electron chi connectivity index (χ1n) is 8.96. The predicted octanol–water partition coefficient (Wildman–Crippen LogP) is 4.36. The average Bonchev–Trinajstić information content (AvgIpc) is 2.74. The molecule has 0 spiro atoms. The summed E-state index contributed by atoms with van der Waals surface area (Å²) in [6.45, 7) is -1.41. The van der Waals surface area contributed by atoms with Gasteiger partial charge in [-0.2, -0.15) is 8.78 Å². The van der Waals surface area contributed by atoms with Crippen LogP contribution in [-0.4, -0.2) is 32.1 Å². The number of hydrogen-bond donors (Lipinski definition) is 2. The zero-order valence-electron chi connectivity index (χ0n) is 16.7. The summed E-state index contributed by atoms with van der Waals surface area (Å²) in [4.78, 5) is 24.3. The van der Waals surface area contributed by atoms with E-state index in [-0.39, 0.29) is 29.4 Å². The molecular formula is C22H19ClF2N2O4. The summed E-state index contributed by atoms with van der Waals surface area (Å²) in [5.74, 6) is 4.28. The number of nitrogens with one attached hydrogen (secondary N) is 2. The van der Waals surface area contributed by atoms with E-state index in [0.29, 0.717) is 10.6 Å². The summed E-state index contributed by atoms with van der Waals surface area (Å²) in [5, 5.41) is 5.41. The maximum Gasteiger partial charge on any atom is 0.387 e. The van der Waals surface area contributed by atoms with Crippen molar-refractivity contribution in [3.63, 3.8) is 0 Å². The third-order valence-electron chi connectivity index (χ3n) is 3.80. The number of rotatable bonds is 8. The van der Waals surface area contributed by atoms with E-state index < -0.39 is 18.4 Å². The largest absolute Gasteiger partial charge is 0.477 e. The van der Waals surface area contributed by atoms with E-state index >= 15 is 0 Å². The van der Waals surface area contributed by atoms with Crippen LogP contribution in [0.15, 0.2) is 42.5 Å². The lowest BCUT2D eigenvalue weighted by atomic mass is 10.1. The topological polar surface area (TPSA) is 76.7 Å². The Morgan fingerprint density at radius 3 is 2.65 bits per heavy atom. The van der Waals surface area contributed by atoms with E-state index in [1.54, 1.807) is 6.92 Å². The molecule has 0 heterocycles. The maximum absolute atomic E-state index is 12.6. The molecule has 0 aliphatic rings. The summed E-state index contributed by atoms with van der Waals surface area (Å²) < 4.78 is 35.0. The lowest BCUT2D eigenvalue weighted by molar-refractivity contribution is -0.111. The van der Waals surface area contributed by atoms with Crippen LogP contribution in [0.1, 0.15) is 22.8 Å². The van der Waals surface area contributed by atoms with Gasteiger partial charge in [0.05, 0.1) is 11.3 Å². The average molecular weight is 449 g/mol. The molecule has 162 valence electrons. The smallest absolute Gasteiger partial charge is 0.387 e. The van der Waals surface area contributed by atoms with Gasteiger partial charge in [0, 0.05) is 18.1 Å². The molecule has 2 aromatic carbocycles. The fourth-order valence-corrected chi connectivity index (χ4v) is 2.59. The normalized spacial score (nSPS) is 10.4. The first-order chi connectivity index (χ1) is 14.8. The van der Waals surface area contributed by atoms with Crippen molar-refractivity contribution in [1.82, 2.24) is 5.32 Å². The van der Waals surface area contributed by atoms with Crippen LogP contribution in [0, 0.1) is 11.8 Å². The highest BCUT2D eigenvalue weighted by atomic mass is 35.5. The van der Waals surface area contributed by atoms with Crippen molar-refractivity contribution in [3.05, 3.63) is 58.6 Å². The van der Waals surface area contributed by atoms with Crippen LogP contribution in [0.4, 0.5) is 14.5 Å². The molecule has 0 radical (unpaired) electrons. The highest BCUT2D eigenvalue weighted by Crippen LogP contribution is 2.30. The van der Waals surface area contributed by atoms with Gasteiger partial charge in [-0.25, -0.2) is 0 Å². The molecule has 2 rings (SSSR count). The monoisotopic (exact) mass is 448 g/mol. The Bertz CT molecular complexity index is 1050. The van der Waals surface area contributed by atoms with Crippen LogP contribution in [0.2, 0.25) is 5.02 Å². The highest BCUT2D eigenvalue weighted by Gasteiger charge is 2.13. The van der Waals surface area contributed by atoms with Crippen LogP contribution >= 0.6 is 11.6 Å². The van der Waals surface area contributed by atoms with Gasteiger partial charge in [0.15, 0.2) is 11.5 Å². The van der Waals surface area contributed by atoms with Crippen molar-refractivity contribution in [2.75, 3.05) is 19.0 Å². The summed E-state index contributed by atoms with van der Waals surface area (Å²) in [6, 6.07) is 8.72. The van der Waals surface area contributed by atoms with Crippen LogP contribution in [-0.2, 0) is 4.79 Å². The fourth-order valence-electron chi connectivity index (χ4n) is 2.41. The van der Waals surface area contributed by atoms with Gasteiger partial charge >= 0.3 is 6.61 Å². The molecule has 2 amide bonds. The first-order valence-corrected chi connectivity index (χ1v) is 9.33. The number of carbonyl (C=O) groups is 2. The zero-order chi connectivity index (χ0) is 22.8.